The number of aliphatic carboxylic acids is 1. The number of rotatable bonds is 4. The number of carbonyl (C=O) groups is 2. The molecule has 2 bridgehead atoms. The predicted molar refractivity (Wildman–Crippen MR) is 73.8 cm³/mol. The molecule has 5 nitrogen and oxygen atoms in total. The summed E-state index contributed by atoms with van der Waals surface area (Å²) in [5.41, 5.74) is 5.43. The van der Waals surface area contributed by atoms with E-state index in [0.29, 0.717) is 24.7 Å². The second-order valence-electron chi connectivity index (χ2n) is 6.95. The molecule has 0 aromatic carbocycles. The second kappa shape index (κ2) is 5.02. The molecule has 0 heterocycles. The molecule has 0 aromatic heterocycles. The average Bonchev–Trinajstić information content (AvgIpc) is 3.12. The molecular formula is C15H24N2O3. The Kier molecular flexibility index (Phi) is 3.48. The number of nitrogens with two attached hydrogens (primary N) is 1. The van der Waals surface area contributed by atoms with Crippen molar-refractivity contribution in [2.75, 3.05) is 6.54 Å². The summed E-state index contributed by atoms with van der Waals surface area (Å²) in [6.07, 6.45) is 6.54. The lowest BCUT2D eigenvalue weighted by Crippen LogP contribution is -2.49. The third kappa shape index (κ3) is 2.12. The molecule has 20 heavy (non-hydrogen) atoms. The highest BCUT2D eigenvalue weighted by molar-refractivity contribution is 5.82. The van der Waals surface area contributed by atoms with Crippen LogP contribution < -0.4 is 11.1 Å². The van der Waals surface area contributed by atoms with Crippen molar-refractivity contribution in [1.82, 2.24) is 5.32 Å². The molecule has 3 saturated carbocycles. The third-order valence-electron chi connectivity index (χ3n) is 5.90. The minimum Gasteiger partial charge on any atom is -0.481 e. The van der Waals surface area contributed by atoms with Gasteiger partial charge in [0.1, 0.15) is 0 Å². The Balaban J connectivity index is 1.61. The van der Waals surface area contributed by atoms with Crippen molar-refractivity contribution < 1.29 is 14.7 Å². The van der Waals surface area contributed by atoms with Crippen molar-refractivity contribution in [3.05, 3.63) is 0 Å². The van der Waals surface area contributed by atoms with Gasteiger partial charge in [-0.2, -0.15) is 0 Å². The van der Waals surface area contributed by atoms with Crippen LogP contribution in [0.3, 0.4) is 0 Å². The summed E-state index contributed by atoms with van der Waals surface area (Å²) in [5, 5.41) is 12.3. The van der Waals surface area contributed by atoms with Gasteiger partial charge in [-0.15, -0.1) is 0 Å². The number of amides is 1. The summed E-state index contributed by atoms with van der Waals surface area (Å²) >= 11 is 0. The van der Waals surface area contributed by atoms with Gasteiger partial charge >= 0.3 is 5.97 Å². The highest BCUT2D eigenvalue weighted by Crippen LogP contribution is 2.47. The molecule has 0 radical (unpaired) electrons. The molecule has 112 valence electrons. The van der Waals surface area contributed by atoms with Crippen molar-refractivity contribution in [3.63, 3.8) is 0 Å². The molecule has 0 aliphatic heterocycles. The normalized spacial score (nSPS) is 38.0. The topological polar surface area (TPSA) is 92.4 Å². The number of carboxylic acids is 1. The lowest BCUT2D eigenvalue weighted by atomic mass is 9.83. The summed E-state index contributed by atoms with van der Waals surface area (Å²) < 4.78 is 0. The van der Waals surface area contributed by atoms with E-state index in [1.54, 1.807) is 0 Å². The monoisotopic (exact) mass is 280 g/mol. The number of carboxylic acid groups (broad SMARTS) is 1. The summed E-state index contributed by atoms with van der Waals surface area (Å²) in [6.45, 7) is 0.266. The Morgan fingerprint density at radius 1 is 1.20 bits per heavy atom. The number of hydrogen-bond acceptors (Lipinski definition) is 3. The molecule has 3 aliphatic rings. The van der Waals surface area contributed by atoms with Gasteiger partial charge in [0, 0.05) is 12.6 Å². The molecule has 0 saturated heterocycles. The molecule has 0 aromatic rings. The predicted octanol–water partition coefficient (Wildman–Crippen LogP) is 1.12. The molecule has 0 spiro atoms. The van der Waals surface area contributed by atoms with Gasteiger partial charge in [0.2, 0.25) is 5.91 Å². The van der Waals surface area contributed by atoms with E-state index < -0.39 is 11.4 Å². The van der Waals surface area contributed by atoms with Gasteiger partial charge in [-0.05, 0) is 43.9 Å². The van der Waals surface area contributed by atoms with Gasteiger partial charge < -0.3 is 16.2 Å². The molecule has 4 unspecified atom stereocenters. The van der Waals surface area contributed by atoms with Crippen LogP contribution in [0.1, 0.15) is 44.9 Å². The first-order valence-corrected chi connectivity index (χ1v) is 7.80. The fourth-order valence-corrected chi connectivity index (χ4v) is 4.62. The van der Waals surface area contributed by atoms with Crippen LogP contribution in [0.5, 0.6) is 0 Å². The minimum absolute atomic E-state index is 0.0165. The van der Waals surface area contributed by atoms with Gasteiger partial charge in [-0.1, -0.05) is 12.8 Å². The first-order valence-electron chi connectivity index (χ1n) is 7.80. The van der Waals surface area contributed by atoms with Crippen molar-refractivity contribution in [2.24, 2.45) is 28.9 Å². The second-order valence-corrected chi connectivity index (χ2v) is 6.95. The van der Waals surface area contributed by atoms with E-state index in [0.717, 1.165) is 32.1 Å². The number of carbonyl (C=O) groups excluding carboxylic acids is 1. The number of hydrogen-bond donors (Lipinski definition) is 3. The van der Waals surface area contributed by atoms with Crippen molar-refractivity contribution in [3.8, 4) is 0 Å². The van der Waals surface area contributed by atoms with Gasteiger partial charge in [0.05, 0.1) is 11.3 Å². The third-order valence-corrected chi connectivity index (χ3v) is 5.90. The first kappa shape index (κ1) is 13.9. The van der Waals surface area contributed by atoms with Crippen LogP contribution in [0.2, 0.25) is 0 Å². The summed E-state index contributed by atoms with van der Waals surface area (Å²) in [4.78, 5) is 23.9. The lowest BCUT2D eigenvalue weighted by Gasteiger charge is -2.29. The van der Waals surface area contributed by atoms with E-state index in [1.807, 2.05) is 0 Å². The summed E-state index contributed by atoms with van der Waals surface area (Å²) in [6, 6.07) is -0.0295. The average molecular weight is 280 g/mol. The first-order chi connectivity index (χ1) is 9.53. The molecule has 3 fully saturated rings. The van der Waals surface area contributed by atoms with E-state index in [4.69, 9.17) is 5.73 Å². The quantitative estimate of drug-likeness (QED) is 0.719. The molecule has 4 atom stereocenters. The van der Waals surface area contributed by atoms with Gasteiger partial charge in [0.25, 0.3) is 0 Å². The minimum atomic E-state index is -0.771. The van der Waals surface area contributed by atoms with Crippen LogP contribution in [-0.2, 0) is 9.59 Å². The molecule has 1 amide bonds. The Bertz CT molecular complexity index is 415. The smallest absolute Gasteiger partial charge is 0.311 e. The molecule has 4 N–H and O–H groups in total. The van der Waals surface area contributed by atoms with Crippen LogP contribution >= 0.6 is 0 Å². The Hall–Kier alpha value is -1.10. The summed E-state index contributed by atoms with van der Waals surface area (Å²) in [5.74, 6) is 0.0285. The lowest BCUT2D eigenvalue weighted by molar-refractivity contribution is -0.148. The highest BCUT2D eigenvalue weighted by Gasteiger charge is 2.50. The standard InChI is InChI=1S/C15H24N2O3/c16-12-10-4-3-9(7-10)11(12)13(18)17-8-15(14(19)20)5-1-2-6-15/h9-12H,1-8,16H2,(H,17,18)(H,19,20). The van der Waals surface area contributed by atoms with Crippen LogP contribution in [0.25, 0.3) is 0 Å². The van der Waals surface area contributed by atoms with Gasteiger partial charge in [0.15, 0.2) is 0 Å². The van der Waals surface area contributed by atoms with Crippen LogP contribution in [0, 0.1) is 23.2 Å². The SMILES string of the molecule is NC1C2CCC(C2)C1C(=O)NCC1(C(=O)O)CCCC1. The van der Waals surface area contributed by atoms with E-state index in [9.17, 15) is 14.7 Å². The number of fused-ring (bicyclic) bond motifs is 2. The maximum Gasteiger partial charge on any atom is 0.311 e. The van der Waals surface area contributed by atoms with Crippen LogP contribution in [-0.4, -0.2) is 29.6 Å². The van der Waals surface area contributed by atoms with E-state index in [2.05, 4.69) is 5.32 Å². The molecule has 5 heteroatoms. The molecule has 3 aliphatic carbocycles. The molecule has 3 rings (SSSR count). The zero-order valence-corrected chi connectivity index (χ0v) is 11.8. The zero-order chi connectivity index (χ0) is 14.3. The maximum atomic E-state index is 12.4. The largest absolute Gasteiger partial charge is 0.481 e. The van der Waals surface area contributed by atoms with Crippen LogP contribution in [0.4, 0.5) is 0 Å². The van der Waals surface area contributed by atoms with Crippen molar-refractivity contribution in [1.29, 1.82) is 0 Å². The highest BCUT2D eigenvalue weighted by atomic mass is 16.4. The Morgan fingerprint density at radius 3 is 2.40 bits per heavy atom. The fourth-order valence-electron chi connectivity index (χ4n) is 4.62. The van der Waals surface area contributed by atoms with E-state index >= 15 is 0 Å². The maximum absolute atomic E-state index is 12.4. The van der Waals surface area contributed by atoms with E-state index in [-0.39, 0.29) is 24.4 Å². The van der Waals surface area contributed by atoms with Crippen LogP contribution in [0.15, 0.2) is 0 Å². The Labute approximate surface area is 119 Å². The zero-order valence-electron chi connectivity index (χ0n) is 11.8. The fraction of sp³-hybridized carbons (Fsp3) is 0.867. The van der Waals surface area contributed by atoms with E-state index in [1.165, 1.54) is 0 Å². The Morgan fingerprint density at radius 2 is 1.85 bits per heavy atom. The van der Waals surface area contributed by atoms with Crippen molar-refractivity contribution >= 4 is 11.9 Å². The number of nitrogens with one attached hydrogen (secondary N) is 1. The van der Waals surface area contributed by atoms with Gasteiger partial charge in [-0.25, -0.2) is 0 Å². The molecular weight excluding hydrogens is 256 g/mol. The summed E-state index contributed by atoms with van der Waals surface area (Å²) in [7, 11) is 0. The van der Waals surface area contributed by atoms with Gasteiger partial charge in [-0.3, -0.25) is 9.59 Å². The van der Waals surface area contributed by atoms with Crippen molar-refractivity contribution in [2.45, 2.75) is 51.0 Å².